The van der Waals surface area contributed by atoms with Gasteiger partial charge in [-0.3, -0.25) is 9.97 Å². The first-order valence-corrected chi connectivity index (χ1v) is 6.81. The lowest BCUT2D eigenvalue weighted by atomic mass is 10.1. The molecule has 0 aliphatic carbocycles. The van der Waals surface area contributed by atoms with E-state index in [1.54, 1.807) is 13.3 Å². The summed E-state index contributed by atoms with van der Waals surface area (Å²) in [6, 6.07) is 18.0. The fourth-order valence-corrected chi connectivity index (χ4v) is 2.26. The number of hydrogen-bond donors (Lipinski definition) is 0. The Morgan fingerprint density at radius 1 is 0.857 bits per heavy atom. The molecule has 0 radical (unpaired) electrons. The molecule has 3 heteroatoms. The highest BCUT2D eigenvalue weighted by molar-refractivity contribution is 5.69. The zero-order chi connectivity index (χ0) is 14.7. The van der Waals surface area contributed by atoms with Crippen LogP contribution in [0.1, 0.15) is 5.69 Å². The van der Waals surface area contributed by atoms with Crippen LogP contribution in [0.15, 0.2) is 60.8 Å². The monoisotopic (exact) mass is 276 g/mol. The van der Waals surface area contributed by atoms with Crippen molar-refractivity contribution in [1.29, 1.82) is 0 Å². The van der Waals surface area contributed by atoms with Crippen molar-refractivity contribution in [3.8, 4) is 28.3 Å². The molecule has 0 saturated carbocycles. The molecule has 0 N–H and O–H groups in total. The highest BCUT2D eigenvalue weighted by Gasteiger charge is 2.06. The third-order valence-corrected chi connectivity index (χ3v) is 3.30. The van der Waals surface area contributed by atoms with Crippen LogP contribution in [-0.4, -0.2) is 17.1 Å². The van der Waals surface area contributed by atoms with Crippen LogP contribution in [0.3, 0.4) is 0 Å². The largest absolute Gasteiger partial charge is 0.497 e. The fourth-order valence-electron chi connectivity index (χ4n) is 2.26. The number of ether oxygens (including phenoxy) is 1. The van der Waals surface area contributed by atoms with Gasteiger partial charge in [0.25, 0.3) is 0 Å². The van der Waals surface area contributed by atoms with E-state index < -0.39 is 0 Å². The Hall–Kier alpha value is -2.68. The molecule has 3 rings (SSSR count). The van der Waals surface area contributed by atoms with Crippen LogP contribution in [0.5, 0.6) is 5.75 Å². The minimum absolute atomic E-state index is 0.844. The van der Waals surface area contributed by atoms with Crippen LogP contribution in [0.4, 0.5) is 0 Å². The summed E-state index contributed by atoms with van der Waals surface area (Å²) in [6.45, 7) is 2.00. The van der Waals surface area contributed by atoms with Gasteiger partial charge < -0.3 is 4.74 Å². The van der Waals surface area contributed by atoms with E-state index >= 15 is 0 Å². The van der Waals surface area contributed by atoms with Gasteiger partial charge in [0, 0.05) is 23.0 Å². The van der Waals surface area contributed by atoms with E-state index in [0.29, 0.717) is 0 Å². The summed E-state index contributed by atoms with van der Waals surface area (Å²) in [5, 5.41) is 0. The van der Waals surface area contributed by atoms with Crippen LogP contribution in [0, 0.1) is 6.92 Å². The molecule has 0 bridgehead atoms. The fraction of sp³-hybridized carbons (Fsp3) is 0.111. The molecule has 0 spiro atoms. The maximum Gasteiger partial charge on any atom is 0.118 e. The van der Waals surface area contributed by atoms with Gasteiger partial charge in [0.2, 0.25) is 0 Å². The molecular weight excluding hydrogens is 260 g/mol. The van der Waals surface area contributed by atoms with Gasteiger partial charge in [-0.05, 0) is 55.5 Å². The molecule has 3 aromatic rings. The summed E-state index contributed by atoms with van der Waals surface area (Å²) in [5.41, 5.74) is 5.02. The van der Waals surface area contributed by atoms with E-state index in [-0.39, 0.29) is 0 Å². The predicted molar refractivity (Wildman–Crippen MR) is 84.2 cm³/mol. The second-order valence-electron chi connectivity index (χ2n) is 4.83. The lowest BCUT2D eigenvalue weighted by Gasteiger charge is -2.07. The van der Waals surface area contributed by atoms with Crippen LogP contribution in [-0.2, 0) is 0 Å². The number of rotatable bonds is 3. The lowest BCUT2D eigenvalue weighted by molar-refractivity contribution is 0.415. The van der Waals surface area contributed by atoms with Crippen molar-refractivity contribution in [1.82, 2.24) is 9.97 Å². The van der Waals surface area contributed by atoms with Crippen molar-refractivity contribution >= 4 is 0 Å². The highest BCUT2D eigenvalue weighted by atomic mass is 16.5. The maximum absolute atomic E-state index is 5.19. The van der Waals surface area contributed by atoms with Gasteiger partial charge >= 0.3 is 0 Å². The molecule has 0 unspecified atom stereocenters. The normalized spacial score (nSPS) is 10.4. The first kappa shape index (κ1) is 13.3. The number of hydrogen-bond acceptors (Lipinski definition) is 3. The quantitative estimate of drug-likeness (QED) is 0.721. The van der Waals surface area contributed by atoms with Crippen molar-refractivity contribution in [2.45, 2.75) is 6.92 Å². The van der Waals surface area contributed by atoms with Crippen LogP contribution >= 0.6 is 0 Å². The van der Waals surface area contributed by atoms with Crippen molar-refractivity contribution < 1.29 is 4.74 Å². The number of nitrogens with zero attached hydrogens (tertiary/aromatic N) is 2. The molecule has 104 valence electrons. The smallest absolute Gasteiger partial charge is 0.118 e. The SMILES string of the molecule is COc1ccc(-c2cc(-c3ccccn3)cc(C)n2)cc1. The van der Waals surface area contributed by atoms with Crippen LogP contribution < -0.4 is 4.74 Å². The molecule has 1 aromatic carbocycles. The number of methoxy groups -OCH3 is 1. The van der Waals surface area contributed by atoms with Crippen molar-refractivity contribution in [2.24, 2.45) is 0 Å². The Balaban J connectivity index is 2.05. The minimum Gasteiger partial charge on any atom is -0.497 e. The standard InChI is InChI=1S/C18H16N2O/c1-13-11-15(17-5-3-4-10-19-17)12-18(20-13)14-6-8-16(21-2)9-7-14/h3-12H,1-2H3. The molecular formula is C18H16N2O. The highest BCUT2D eigenvalue weighted by Crippen LogP contribution is 2.26. The predicted octanol–water partition coefficient (Wildman–Crippen LogP) is 4.13. The molecule has 0 fully saturated rings. The number of aryl methyl sites for hydroxylation is 1. The van der Waals surface area contributed by atoms with Crippen molar-refractivity contribution in [3.05, 3.63) is 66.5 Å². The second-order valence-corrected chi connectivity index (χ2v) is 4.83. The third-order valence-electron chi connectivity index (χ3n) is 3.30. The van der Waals surface area contributed by atoms with Gasteiger partial charge in [-0.25, -0.2) is 0 Å². The first-order valence-electron chi connectivity index (χ1n) is 6.81. The Kier molecular flexibility index (Phi) is 3.65. The summed E-state index contributed by atoms with van der Waals surface area (Å²) in [4.78, 5) is 9.02. The summed E-state index contributed by atoms with van der Waals surface area (Å²) in [7, 11) is 1.67. The molecule has 21 heavy (non-hydrogen) atoms. The lowest BCUT2D eigenvalue weighted by Crippen LogP contribution is -1.91. The summed E-state index contributed by atoms with van der Waals surface area (Å²) in [6.07, 6.45) is 1.80. The maximum atomic E-state index is 5.19. The Morgan fingerprint density at radius 2 is 1.67 bits per heavy atom. The van der Waals surface area contributed by atoms with Gasteiger partial charge in [-0.1, -0.05) is 6.07 Å². The van der Waals surface area contributed by atoms with E-state index in [2.05, 4.69) is 22.1 Å². The van der Waals surface area contributed by atoms with E-state index in [1.807, 2.05) is 49.4 Å². The van der Waals surface area contributed by atoms with Crippen molar-refractivity contribution in [3.63, 3.8) is 0 Å². The summed E-state index contributed by atoms with van der Waals surface area (Å²) >= 11 is 0. The second kappa shape index (κ2) is 5.75. The zero-order valence-electron chi connectivity index (χ0n) is 12.1. The average Bonchev–Trinajstić information content (AvgIpc) is 2.55. The van der Waals surface area contributed by atoms with Crippen molar-refractivity contribution in [2.75, 3.05) is 7.11 Å². The van der Waals surface area contributed by atoms with E-state index in [9.17, 15) is 0 Å². The number of benzene rings is 1. The molecule has 2 heterocycles. The molecule has 0 atom stereocenters. The van der Waals surface area contributed by atoms with Gasteiger partial charge in [-0.2, -0.15) is 0 Å². The zero-order valence-corrected chi connectivity index (χ0v) is 12.1. The Labute approximate surface area is 124 Å². The Morgan fingerprint density at radius 3 is 2.33 bits per heavy atom. The third kappa shape index (κ3) is 2.92. The topological polar surface area (TPSA) is 35.0 Å². The van der Waals surface area contributed by atoms with Gasteiger partial charge in [0.1, 0.15) is 5.75 Å². The summed E-state index contributed by atoms with van der Waals surface area (Å²) in [5.74, 6) is 0.844. The van der Waals surface area contributed by atoms with Gasteiger partial charge in [0.05, 0.1) is 18.5 Å². The number of aromatic nitrogens is 2. The van der Waals surface area contributed by atoms with Crippen LogP contribution in [0.2, 0.25) is 0 Å². The van der Waals surface area contributed by atoms with Gasteiger partial charge in [0.15, 0.2) is 0 Å². The van der Waals surface area contributed by atoms with E-state index in [4.69, 9.17) is 4.74 Å². The Bertz CT molecular complexity index is 737. The minimum atomic E-state index is 0.844. The van der Waals surface area contributed by atoms with E-state index in [0.717, 1.165) is 34.0 Å². The average molecular weight is 276 g/mol. The van der Waals surface area contributed by atoms with E-state index in [1.165, 1.54) is 0 Å². The summed E-state index contributed by atoms with van der Waals surface area (Å²) < 4.78 is 5.19. The molecule has 0 aliphatic rings. The molecule has 3 nitrogen and oxygen atoms in total. The van der Waals surface area contributed by atoms with Crippen LogP contribution in [0.25, 0.3) is 22.5 Å². The first-order chi connectivity index (χ1) is 10.3. The molecule has 0 aliphatic heterocycles. The molecule has 0 amide bonds. The van der Waals surface area contributed by atoms with Gasteiger partial charge in [-0.15, -0.1) is 0 Å². The molecule has 0 saturated heterocycles. The molecule has 2 aromatic heterocycles. The number of pyridine rings is 2.